The molecule has 2 N–H and O–H groups in total. The molecular weight excluding hydrogens is 263 g/mol. The van der Waals surface area contributed by atoms with E-state index in [2.05, 4.69) is 0 Å². The first-order chi connectivity index (χ1) is 7.78. The average Bonchev–Trinajstić information content (AvgIpc) is 2.13. The number of carboxylic acids is 1. The Bertz CT molecular complexity index is 325. The Morgan fingerprint density at radius 2 is 2.06 bits per heavy atom. The van der Waals surface area contributed by atoms with Crippen molar-refractivity contribution in [3.05, 3.63) is 11.6 Å². The van der Waals surface area contributed by atoms with Crippen molar-refractivity contribution in [2.75, 3.05) is 18.2 Å². The third kappa shape index (κ3) is 8.42. The predicted octanol–water partition coefficient (Wildman–Crippen LogP) is 2.94. The Kier molecular flexibility index (Phi) is 7.77. The Hall–Kier alpha value is -0.310. The maximum atomic E-state index is 11.8. The van der Waals surface area contributed by atoms with Crippen molar-refractivity contribution in [1.82, 2.24) is 0 Å². The van der Waals surface area contributed by atoms with Gasteiger partial charge in [0.25, 0.3) is 0 Å². The van der Waals surface area contributed by atoms with Crippen LogP contribution < -0.4 is 0 Å². The fraction of sp³-hybridized carbons (Fsp3) is 0.727. The molecule has 0 aromatic heterocycles. The van der Waals surface area contributed by atoms with Gasteiger partial charge in [0, 0.05) is 17.6 Å². The van der Waals surface area contributed by atoms with Crippen LogP contribution in [0.15, 0.2) is 11.6 Å². The zero-order valence-corrected chi connectivity index (χ0v) is 11.9. The molecule has 0 aliphatic heterocycles. The zero-order chi connectivity index (χ0) is 13.5. The van der Waals surface area contributed by atoms with E-state index in [1.54, 1.807) is 0 Å². The molecule has 0 bridgehead atoms. The molecular formula is C11H20ClO4P. The molecule has 0 aromatic rings. The number of hydrogen-bond acceptors (Lipinski definition) is 2. The van der Waals surface area contributed by atoms with Crippen molar-refractivity contribution >= 4 is 24.9 Å². The number of allylic oxidation sites excluding steroid dienone is 1. The first-order valence-corrected chi connectivity index (χ1v) is 8.14. The number of hydrogen-bond donors (Lipinski definition) is 2. The number of carbonyl (C=O) groups is 1. The molecule has 0 aliphatic carbocycles. The van der Waals surface area contributed by atoms with E-state index in [-0.39, 0.29) is 23.8 Å². The second-order valence-corrected chi connectivity index (χ2v) is 7.20. The van der Waals surface area contributed by atoms with Crippen molar-refractivity contribution in [1.29, 1.82) is 0 Å². The average molecular weight is 283 g/mol. The standard InChI is InChI=1S/C11H20ClO4P/c1-9(2)7-17(15,16)8-10(11(13)14)5-3-4-6-12/h5,9H,3-4,6-8H2,1-2H3,(H,13,14)(H,15,16). The van der Waals surface area contributed by atoms with Crippen LogP contribution in [0, 0.1) is 5.92 Å². The Morgan fingerprint density at radius 1 is 1.47 bits per heavy atom. The molecule has 100 valence electrons. The van der Waals surface area contributed by atoms with Crippen LogP contribution >= 0.6 is 19.0 Å². The molecule has 4 nitrogen and oxygen atoms in total. The lowest BCUT2D eigenvalue weighted by Crippen LogP contribution is -2.09. The summed E-state index contributed by atoms with van der Waals surface area (Å²) >= 11 is 5.49. The Labute approximate surface area is 107 Å². The van der Waals surface area contributed by atoms with E-state index in [1.165, 1.54) is 6.08 Å². The quantitative estimate of drug-likeness (QED) is 0.311. The van der Waals surface area contributed by atoms with Crippen LogP contribution in [0.25, 0.3) is 0 Å². The SMILES string of the molecule is CC(C)CP(=O)(O)CC(=CCCCCl)C(=O)O. The number of aliphatic carboxylic acids is 1. The van der Waals surface area contributed by atoms with Gasteiger partial charge in [0.1, 0.15) is 0 Å². The second kappa shape index (κ2) is 7.91. The lowest BCUT2D eigenvalue weighted by atomic mass is 10.2. The van der Waals surface area contributed by atoms with Gasteiger partial charge < -0.3 is 10.00 Å². The molecule has 0 amide bonds. The highest BCUT2D eigenvalue weighted by Crippen LogP contribution is 2.44. The fourth-order valence-electron chi connectivity index (χ4n) is 1.47. The molecule has 0 aliphatic rings. The summed E-state index contributed by atoms with van der Waals surface area (Å²) < 4.78 is 11.8. The van der Waals surface area contributed by atoms with E-state index in [0.717, 1.165) is 0 Å². The zero-order valence-electron chi connectivity index (χ0n) is 10.2. The molecule has 0 saturated carbocycles. The van der Waals surface area contributed by atoms with E-state index in [9.17, 15) is 14.3 Å². The van der Waals surface area contributed by atoms with Crippen molar-refractivity contribution in [3.8, 4) is 0 Å². The van der Waals surface area contributed by atoms with E-state index in [1.807, 2.05) is 13.8 Å². The molecule has 0 heterocycles. The van der Waals surface area contributed by atoms with Gasteiger partial charge in [-0.3, -0.25) is 4.57 Å². The highest BCUT2D eigenvalue weighted by Gasteiger charge is 2.24. The fourth-order valence-corrected chi connectivity index (χ4v) is 3.70. The minimum Gasteiger partial charge on any atom is -0.478 e. The lowest BCUT2D eigenvalue weighted by molar-refractivity contribution is -0.132. The van der Waals surface area contributed by atoms with Gasteiger partial charge in [0.2, 0.25) is 7.37 Å². The molecule has 1 atom stereocenters. The molecule has 6 heteroatoms. The third-order valence-corrected chi connectivity index (χ3v) is 4.47. The number of unbranched alkanes of at least 4 members (excludes halogenated alkanes) is 1. The van der Waals surface area contributed by atoms with E-state index < -0.39 is 13.3 Å². The first kappa shape index (κ1) is 16.7. The number of halogens is 1. The van der Waals surface area contributed by atoms with Crippen LogP contribution in [0.2, 0.25) is 0 Å². The summed E-state index contributed by atoms with van der Waals surface area (Å²) in [7, 11) is -3.39. The van der Waals surface area contributed by atoms with Crippen LogP contribution in [-0.2, 0) is 9.36 Å². The molecule has 0 aromatic carbocycles. The van der Waals surface area contributed by atoms with Crippen molar-refractivity contribution < 1.29 is 19.4 Å². The molecule has 0 spiro atoms. The summed E-state index contributed by atoms with van der Waals surface area (Å²) in [6, 6.07) is 0. The van der Waals surface area contributed by atoms with Crippen LogP contribution in [-0.4, -0.2) is 34.2 Å². The highest BCUT2D eigenvalue weighted by molar-refractivity contribution is 7.58. The van der Waals surface area contributed by atoms with Crippen molar-refractivity contribution in [3.63, 3.8) is 0 Å². The summed E-state index contributed by atoms with van der Waals surface area (Å²) in [5, 5.41) is 8.94. The summed E-state index contributed by atoms with van der Waals surface area (Å²) in [6.07, 6.45) is 2.56. The predicted molar refractivity (Wildman–Crippen MR) is 70.1 cm³/mol. The minimum absolute atomic E-state index is 0.0154. The molecule has 0 fully saturated rings. The van der Waals surface area contributed by atoms with Crippen LogP contribution in [0.5, 0.6) is 0 Å². The van der Waals surface area contributed by atoms with Crippen LogP contribution in [0.1, 0.15) is 26.7 Å². The molecule has 0 radical (unpaired) electrons. The smallest absolute Gasteiger partial charge is 0.331 e. The number of carboxylic acid groups (broad SMARTS) is 1. The van der Waals surface area contributed by atoms with Gasteiger partial charge in [-0.2, -0.15) is 0 Å². The normalized spacial score (nSPS) is 15.9. The van der Waals surface area contributed by atoms with E-state index >= 15 is 0 Å². The van der Waals surface area contributed by atoms with E-state index in [0.29, 0.717) is 18.7 Å². The van der Waals surface area contributed by atoms with Crippen LogP contribution in [0.4, 0.5) is 0 Å². The summed E-state index contributed by atoms with van der Waals surface area (Å²) in [6.45, 7) is 3.67. The van der Waals surface area contributed by atoms with Gasteiger partial charge in [0.15, 0.2) is 0 Å². The van der Waals surface area contributed by atoms with E-state index in [4.69, 9.17) is 16.7 Å². The maximum Gasteiger partial charge on any atom is 0.331 e. The Morgan fingerprint density at radius 3 is 2.47 bits per heavy atom. The number of rotatable bonds is 8. The summed E-state index contributed by atoms with van der Waals surface area (Å²) in [5.74, 6) is -0.604. The van der Waals surface area contributed by atoms with Crippen molar-refractivity contribution in [2.24, 2.45) is 5.92 Å². The maximum absolute atomic E-state index is 11.8. The monoisotopic (exact) mass is 282 g/mol. The topological polar surface area (TPSA) is 74.6 Å². The largest absolute Gasteiger partial charge is 0.478 e. The van der Waals surface area contributed by atoms with Gasteiger partial charge >= 0.3 is 5.97 Å². The highest BCUT2D eigenvalue weighted by atomic mass is 35.5. The molecule has 0 rings (SSSR count). The number of alkyl halides is 1. The van der Waals surface area contributed by atoms with Gasteiger partial charge in [-0.25, -0.2) is 4.79 Å². The summed E-state index contributed by atoms with van der Waals surface area (Å²) in [5.41, 5.74) is 0.0154. The molecule has 17 heavy (non-hydrogen) atoms. The summed E-state index contributed by atoms with van der Waals surface area (Å²) in [4.78, 5) is 20.6. The van der Waals surface area contributed by atoms with Gasteiger partial charge in [0.05, 0.1) is 6.16 Å². The first-order valence-electron chi connectivity index (χ1n) is 5.57. The van der Waals surface area contributed by atoms with Gasteiger partial charge in [-0.15, -0.1) is 11.6 Å². The lowest BCUT2D eigenvalue weighted by Gasteiger charge is -2.14. The Balaban J connectivity index is 4.59. The second-order valence-electron chi connectivity index (χ2n) is 4.45. The van der Waals surface area contributed by atoms with Crippen LogP contribution in [0.3, 0.4) is 0 Å². The van der Waals surface area contributed by atoms with Gasteiger partial charge in [-0.05, 0) is 18.8 Å². The molecule has 1 unspecified atom stereocenters. The third-order valence-electron chi connectivity index (χ3n) is 2.07. The minimum atomic E-state index is -3.39. The van der Waals surface area contributed by atoms with Gasteiger partial charge in [-0.1, -0.05) is 19.9 Å². The molecule has 0 saturated heterocycles. The van der Waals surface area contributed by atoms with Crippen molar-refractivity contribution in [2.45, 2.75) is 26.7 Å².